The van der Waals surface area contributed by atoms with Gasteiger partial charge in [0.05, 0.1) is 18.2 Å². The summed E-state index contributed by atoms with van der Waals surface area (Å²) in [4.78, 5) is 18.2. The third-order valence-electron chi connectivity index (χ3n) is 6.68. The van der Waals surface area contributed by atoms with Crippen molar-refractivity contribution in [1.82, 2.24) is 4.90 Å². The van der Waals surface area contributed by atoms with Gasteiger partial charge in [0, 0.05) is 11.5 Å². The number of nitrogens with one attached hydrogen (secondary N) is 1. The standard InChI is InChI=1S/C27H31Cl2N5O4/c1-27(28,29)25(30)38-24-21(32-33-31)14-15-22(37-24)23(20-12-13-20)34(16-18-8-4-2-5-9-18)26(35)36-17-19-10-6-3-7-11-19/h2-11,20-24,30H,12-17H2,1H3/t21?,22-,23-,24?/m0/s1. The largest absolute Gasteiger partial charge is 0.449 e. The summed E-state index contributed by atoms with van der Waals surface area (Å²) >= 11 is 12.1. The molecule has 0 radical (unpaired) electrons. The number of carbonyl (C=O) groups is 1. The van der Waals surface area contributed by atoms with E-state index in [2.05, 4.69) is 10.0 Å². The third kappa shape index (κ3) is 7.54. The highest BCUT2D eigenvalue weighted by molar-refractivity contribution is 6.57. The van der Waals surface area contributed by atoms with Crippen molar-refractivity contribution in [1.29, 1.82) is 5.41 Å². The highest BCUT2D eigenvalue weighted by Crippen LogP contribution is 2.42. The summed E-state index contributed by atoms with van der Waals surface area (Å²) in [5.41, 5.74) is 10.9. The molecule has 2 fully saturated rings. The van der Waals surface area contributed by atoms with E-state index in [4.69, 9.17) is 48.4 Å². The van der Waals surface area contributed by atoms with E-state index in [1.165, 1.54) is 6.92 Å². The molecule has 38 heavy (non-hydrogen) atoms. The van der Waals surface area contributed by atoms with E-state index in [-0.39, 0.29) is 18.6 Å². The van der Waals surface area contributed by atoms with Crippen LogP contribution in [0.25, 0.3) is 10.4 Å². The van der Waals surface area contributed by atoms with Crippen LogP contribution in [-0.2, 0) is 27.4 Å². The summed E-state index contributed by atoms with van der Waals surface area (Å²) in [5, 5.41) is 11.9. The van der Waals surface area contributed by atoms with Crippen LogP contribution in [0.4, 0.5) is 4.79 Å². The Balaban J connectivity index is 1.57. The molecule has 1 aliphatic heterocycles. The summed E-state index contributed by atoms with van der Waals surface area (Å²) in [5.74, 6) is -0.188. The predicted molar refractivity (Wildman–Crippen MR) is 145 cm³/mol. The fraction of sp³-hybridized carbons (Fsp3) is 0.481. The smallest absolute Gasteiger partial charge is 0.410 e. The first-order chi connectivity index (χ1) is 18.3. The lowest BCUT2D eigenvalue weighted by molar-refractivity contribution is -0.184. The summed E-state index contributed by atoms with van der Waals surface area (Å²) in [7, 11) is 0. The molecule has 9 nitrogen and oxygen atoms in total. The van der Waals surface area contributed by atoms with Gasteiger partial charge < -0.3 is 14.2 Å². The molecule has 1 N–H and O–H groups in total. The number of hydrogen-bond donors (Lipinski definition) is 1. The Morgan fingerprint density at radius 2 is 1.76 bits per heavy atom. The molecule has 2 aromatic carbocycles. The second-order valence-electron chi connectivity index (χ2n) is 9.71. The molecule has 4 atom stereocenters. The molecule has 1 amide bonds. The molecule has 1 saturated carbocycles. The van der Waals surface area contributed by atoms with Gasteiger partial charge in [-0.3, -0.25) is 10.3 Å². The average Bonchev–Trinajstić information content (AvgIpc) is 3.74. The Kier molecular flexibility index (Phi) is 9.39. The maximum absolute atomic E-state index is 13.6. The molecule has 0 bridgehead atoms. The fourth-order valence-corrected chi connectivity index (χ4v) is 4.72. The van der Waals surface area contributed by atoms with Crippen molar-refractivity contribution in [3.63, 3.8) is 0 Å². The lowest BCUT2D eigenvalue weighted by Gasteiger charge is -2.42. The van der Waals surface area contributed by atoms with Crippen LogP contribution in [0.3, 0.4) is 0 Å². The number of azide groups is 1. The van der Waals surface area contributed by atoms with Crippen molar-refractivity contribution in [3.05, 3.63) is 82.2 Å². The number of benzene rings is 2. The first kappa shape index (κ1) is 28.0. The predicted octanol–water partition coefficient (Wildman–Crippen LogP) is 6.98. The number of hydrogen-bond acceptors (Lipinski definition) is 6. The van der Waals surface area contributed by atoms with Gasteiger partial charge in [0.25, 0.3) is 0 Å². The highest BCUT2D eigenvalue weighted by Gasteiger charge is 2.47. The number of carbonyl (C=O) groups excluding carboxylic acids is 1. The first-order valence-electron chi connectivity index (χ1n) is 12.6. The Morgan fingerprint density at radius 3 is 2.34 bits per heavy atom. The summed E-state index contributed by atoms with van der Waals surface area (Å²) in [6.07, 6.45) is 0.956. The van der Waals surface area contributed by atoms with Gasteiger partial charge in [-0.2, -0.15) is 0 Å². The van der Waals surface area contributed by atoms with E-state index in [9.17, 15) is 4.79 Å². The molecule has 2 aromatic rings. The second kappa shape index (κ2) is 12.7. The number of rotatable bonds is 10. The number of alkyl halides is 2. The van der Waals surface area contributed by atoms with Crippen molar-refractivity contribution >= 4 is 35.2 Å². The monoisotopic (exact) mass is 559 g/mol. The average molecular weight is 560 g/mol. The lowest BCUT2D eigenvalue weighted by Crippen LogP contribution is -2.54. The Bertz CT molecular complexity index is 1140. The minimum absolute atomic E-state index is 0.153. The molecular weight excluding hydrogens is 529 g/mol. The molecule has 0 aromatic heterocycles. The van der Waals surface area contributed by atoms with E-state index in [0.29, 0.717) is 19.4 Å². The van der Waals surface area contributed by atoms with Gasteiger partial charge in [0.1, 0.15) is 6.61 Å². The number of nitrogens with zero attached hydrogens (tertiary/aromatic N) is 4. The minimum atomic E-state index is -1.58. The zero-order chi connectivity index (χ0) is 27.1. The van der Waals surface area contributed by atoms with Gasteiger partial charge >= 0.3 is 6.09 Å². The minimum Gasteiger partial charge on any atom is -0.449 e. The van der Waals surface area contributed by atoms with E-state index < -0.39 is 34.8 Å². The molecule has 202 valence electrons. The molecule has 2 unspecified atom stereocenters. The van der Waals surface area contributed by atoms with Gasteiger partial charge in [-0.1, -0.05) is 89.0 Å². The van der Waals surface area contributed by atoms with Gasteiger partial charge in [0.2, 0.25) is 12.2 Å². The van der Waals surface area contributed by atoms with Crippen LogP contribution in [-0.4, -0.2) is 45.7 Å². The van der Waals surface area contributed by atoms with E-state index in [1.807, 2.05) is 60.7 Å². The summed E-state index contributed by atoms with van der Waals surface area (Å²) in [6, 6.07) is 18.3. The number of halogens is 2. The van der Waals surface area contributed by atoms with Gasteiger partial charge in [-0.25, -0.2) is 4.79 Å². The van der Waals surface area contributed by atoms with Crippen molar-refractivity contribution in [2.75, 3.05) is 0 Å². The summed E-state index contributed by atoms with van der Waals surface area (Å²) in [6.45, 7) is 1.91. The van der Waals surface area contributed by atoms with Gasteiger partial charge in [-0.15, -0.1) is 0 Å². The van der Waals surface area contributed by atoms with Crippen molar-refractivity contribution < 1.29 is 19.0 Å². The Morgan fingerprint density at radius 1 is 1.13 bits per heavy atom. The van der Waals surface area contributed by atoms with Crippen molar-refractivity contribution in [2.24, 2.45) is 11.0 Å². The zero-order valence-corrected chi connectivity index (χ0v) is 22.6. The van der Waals surface area contributed by atoms with Crippen LogP contribution in [0.1, 0.15) is 43.7 Å². The second-order valence-corrected chi connectivity index (χ2v) is 11.4. The van der Waals surface area contributed by atoms with Gasteiger partial charge in [-0.05, 0) is 55.2 Å². The lowest BCUT2D eigenvalue weighted by atomic mass is 9.94. The van der Waals surface area contributed by atoms with E-state index in [1.54, 1.807) is 4.90 Å². The van der Waals surface area contributed by atoms with Crippen LogP contribution < -0.4 is 0 Å². The molecule has 11 heteroatoms. The third-order valence-corrected chi connectivity index (χ3v) is 7.03. The van der Waals surface area contributed by atoms with Crippen LogP contribution in [0.5, 0.6) is 0 Å². The Labute approximate surface area is 232 Å². The van der Waals surface area contributed by atoms with E-state index >= 15 is 0 Å². The first-order valence-corrected chi connectivity index (χ1v) is 13.4. The SMILES string of the molecule is CC(Cl)(Cl)C(=N)OC1O[C@H]([C@H](C2CC2)N(Cc2ccccc2)C(=O)OCc2ccccc2)CCC1N=[N+]=[N-]. The molecule has 2 aliphatic rings. The number of ether oxygens (including phenoxy) is 3. The molecule has 4 rings (SSSR count). The van der Waals surface area contributed by atoms with Gasteiger partial charge in [0.15, 0.2) is 4.33 Å². The van der Waals surface area contributed by atoms with Crippen LogP contribution >= 0.6 is 23.2 Å². The topological polar surface area (TPSA) is 121 Å². The highest BCUT2D eigenvalue weighted by atomic mass is 35.5. The van der Waals surface area contributed by atoms with Crippen molar-refractivity contribution in [3.8, 4) is 0 Å². The molecular formula is C27H31Cl2N5O4. The van der Waals surface area contributed by atoms with Crippen molar-refractivity contribution in [2.45, 2.75) is 74.6 Å². The molecule has 0 spiro atoms. The molecule has 1 saturated heterocycles. The maximum Gasteiger partial charge on any atom is 0.410 e. The van der Waals surface area contributed by atoms with Crippen LogP contribution in [0.15, 0.2) is 65.8 Å². The number of amides is 1. The quantitative estimate of drug-likeness (QED) is 0.0842. The Hall–Kier alpha value is -2.97. The zero-order valence-electron chi connectivity index (χ0n) is 21.1. The van der Waals surface area contributed by atoms with Crippen LogP contribution in [0.2, 0.25) is 0 Å². The normalized spacial score (nSPS) is 22.0. The van der Waals surface area contributed by atoms with E-state index in [0.717, 1.165) is 24.0 Å². The molecule has 1 heterocycles. The summed E-state index contributed by atoms with van der Waals surface area (Å²) < 4.78 is 16.2. The maximum atomic E-state index is 13.6. The molecule has 1 aliphatic carbocycles. The fourth-order valence-electron chi connectivity index (χ4n) is 4.63. The van der Waals surface area contributed by atoms with Crippen LogP contribution in [0, 0.1) is 11.3 Å².